The number of nitrogens with two attached hydrogens (primary N) is 1. The van der Waals surface area contributed by atoms with Crippen LogP contribution in [0.5, 0.6) is 5.75 Å². The molecular formula is C13H18N2O4S. The number of nitrogens with one attached hydrogen (secondary N) is 1. The maximum atomic E-state index is 11.5. The first kappa shape index (κ1) is 14.8. The van der Waals surface area contributed by atoms with Crippen LogP contribution in [0.2, 0.25) is 0 Å². The lowest BCUT2D eigenvalue weighted by atomic mass is 10.1. The van der Waals surface area contributed by atoms with Crippen molar-refractivity contribution in [1.82, 2.24) is 5.32 Å². The molecule has 0 spiro atoms. The monoisotopic (exact) mass is 298 g/mol. The van der Waals surface area contributed by atoms with Crippen molar-refractivity contribution in [2.45, 2.75) is 37.6 Å². The fourth-order valence-electron chi connectivity index (χ4n) is 1.88. The van der Waals surface area contributed by atoms with Gasteiger partial charge < -0.3 is 10.1 Å². The number of benzene rings is 1. The molecule has 0 unspecified atom stereocenters. The van der Waals surface area contributed by atoms with Gasteiger partial charge in [-0.2, -0.15) is 0 Å². The summed E-state index contributed by atoms with van der Waals surface area (Å²) < 4.78 is 28.2. The summed E-state index contributed by atoms with van der Waals surface area (Å²) in [5.74, 6) is 0.320. The third kappa shape index (κ3) is 3.49. The molecule has 1 aromatic rings. The zero-order valence-corrected chi connectivity index (χ0v) is 12.3. The van der Waals surface area contributed by atoms with Gasteiger partial charge in [-0.05, 0) is 49.9 Å². The second-order valence-electron chi connectivity index (χ2n) is 4.99. The van der Waals surface area contributed by atoms with Crippen LogP contribution < -0.4 is 15.2 Å². The van der Waals surface area contributed by atoms with Gasteiger partial charge in [-0.15, -0.1) is 0 Å². The lowest BCUT2D eigenvalue weighted by Crippen LogP contribution is -2.30. The first-order valence-electron chi connectivity index (χ1n) is 6.34. The highest BCUT2D eigenvalue weighted by atomic mass is 32.2. The second kappa shape index (κ2) is 5.41. The van der Waals surface area contributed by atoms with Crippen molar-refractivity contribution < 1.29 is 17.9 Å². The summed E-state index contributed by atoms with van der Waals surface area (Å²) in [5, 5.41) is 7.94. The van der Waals surface area contributed by atoms with Crippen molar-refractivity contribution in [2.24, 2.45) is 5.14 Å². The number of ether oxygens (including phenoxy) is 1. The molecule has 2 rings (SSSR count). The Morgan fingerprint density at radius 3 is 2.55 bits per heavy atom. The van der Waals surface area contributed by atoms with Crippen LogP contribution in [0, 0.1) is 13.8 Å². The lowest BCUT2D eigenvalue weighted by Gasteiger charge is -2.13. The normalized spacial score (nSPS) is 14.9. The number of carbonyl (C=O) groups is 1. The third-order valence-corrected chi connectivity index (χ3v) is 4.35. The van der Waals surface area contributed by atoms with Gasteiger partial charge in [0.05, 0.1) is 4.90 Å². The quantitative estimate of drug-likeness (QED) is 0.832. The fraction of sp³-hybridized carbons (Fsp3) is 0.462. The summed E-state index contributed by atoms with van der Waals surface area (Å²) in [6.07, 6.45) is 2.04. The minimum atomic E-state index is -3.75. The molecule has 20 heavy (non-hydrogen) atoms. The van der Waals surface area contributed by atoms with Gasteiger partial charge in [0.2, 0.25) is 10.0 Å². The van der Waals surface area contributed by atoms with Crippen molar-refractivity contribution >= 4 is 15.9 Å². The molecule has 7 heteroatoms. The number of hydrogen-bond acceptors (Lipinski definition) is 4. The Labute approximate surface area is 118 Å². The zero-order valence-electron chi connectivity index (χ0n) is 11.5. The highest BCUT2D eigenvalue weighted by molar-refractivity contribution is 7.89. The molecule has 0 atom stereocenters. The zero-order chi connectivity index (χ0) is 14.9. The van der Waals surface area contributed by atoms with Gasteiger partial charge >= 0.3 is 0 Å². The summed E-state index contributed by atoms with van der Waals surface area (Å²) in [6, 6.07) is 3.21. The molecule has 0 radical (unpaired) electrons. The minimum Gasteiger partial charge on any atom is -0.483 e. The molecule has 0 aromatic heterocycles. The molecule has 3 N–H and O–H groups in total. The van der Waals surface area contributed by atoms with E-state index in [1.807, 2.05) is 0 Å². The van der Waals surface area contributed by atoms with Crippen LogP contribution in [0.15, 0.2) is 17.0 Å². The number of hydrogen-bond donors (Lipinski definition) is 2. The largest absolute Gasteiger partial charge is 0.483 e. The van der Waals surface area contributed by atoms with Crippen LogP contribution in [0.1, 0.15) is 24.0 Å². The third-order valence-electron chi connectivity index (χ3n) is 3.30. The highest BCUT2D eigenvalue weighted by Gasteiger charge is 2.23. The Morgan fingerprint density at radius 2 is 2.00 bits per heavy atom. The standard InChI is InChI=1S/C13H18N2O4S/c1-8-9(2)12(20(14,17)18)6-5-11(8)19-7-13(16)15-10-3-4-10/h5-6,10H,3-4,7H2,1-2H3,(H,15,16)(H2,14,17,18). The van der Waals surface area contributed by atoms with Crippen molar-refractivity contribution in [3.63, 3.8) is 0 Å². The SMILES string of the molecule is Cc1c(OCC(=O)NC2CC2)ccc(S(N)(=O)=O)c1C. The first-order valence-corrected chi connectivity index (χ1v) is 7.89. The van der Waals surface area contributed by atoms with Gasteiger partial charge in [-0.1, -0.05) is 0 Å². The van der Waals surface area contributed by atoms with Gasteiger partial charge in [-0.3, -0.25) is 4.79 Å². The molecule has 1 aliphatic carbocycles. The molecule has 1 saturated carbocycles. The van der Waals surface area contributed by atoms with E-state index in [2.05, 4.69) is 5.32 Å². The van der Waals surface area contributed by atoms with Gasteiger partial charge in [0, 0.05) is 6.04 Å². The molecule has 0 heterocycles. The van der Waals surface area contributed by atoms with E-state index in [1.165, 1.54) is 12.1 Å². The van der Waals surface area contributed by atoms with Crippen molar-refractivity contribution in [3.05, 3.63) is 23.3 Å². The molecule has 1 aliphatic rings. The Bertz CT molecular complexity index is 636. The Kier molecular flexibility index (Phi) is 4.01. The number of rotatable bonds is 5. The Hall–Kier alpha value is -1.60. The molecule has 0 bridgehead atoms. The summed E-state index contributed by atoms with van der Waals surface area (Å²) in [4.78, 5) is 11.6. The first-order chi connectivity index (χ1) is 9.29. The van der Waals surface area contributed by atoms with E-state index < -0.39 is 10.0 Å². The molecular weight excluding hydrogens is 280 g/mol. The molecule has 1 aromatic carbocycles. The van der Waals surface area contributed by atoms with Crippen molar-refractivity contribution in [3.8, 4) is 5.75 Å². The minimum absolute atomic E-state index is 0.0739. The summed E-state index contributed by atoms with van der Waals surface area (Å²) in [6.45, 7) is 3.32. The fourth-order valence-corrected chi connectivity index (χ4v) is 2.71. The van der Waals surface area contributed by atoms with Gasteiger partial charge in [0.15, 0.2) is 6.61 Å². The predicted molar refractivity (Wildman–Crippen MR) is 73.9 cm³/mol. The van der Waals surface area contributed by atoms with E-state index in [0.717, 1.165) is 12.8 Å². The predicted octanol–water partition coefficient (Wildman–Crippen LogP) is 0.608. The second-order valence-corrected chi connectivity index (χ2v) is 6.52. The van der Waals surface area contributed by atoms with E-state index >= 15 is 0 Å². The van der Waals surface area contributed by atoms with Crippen LogP contribution in [0.3, 0.4) is 0 Å². The topological polar surface area (TPSA) is 98.5 Å². The van der Waals surface area contributed by atoms with Gasteiger partial charge in [0.1, 0.15) is 5.75 Å². The summed E-state index contributed by atoms with van der Waals surface area (Å²) >= 11 is 0. The average molecular weight is 298 g/mol. The number of sulfonamides is 1. The Balaban J connectivity index is 2.09. The van der Waals surface area contributed by atoms with Gasteiger partial charge in [0.25, 0.3) is 5.91 Å². The molecule has 0 aliphatic heterocycles. The van der Waals surface area contributed by atoms with Gasteiger partial charge in [-0.25, -0.2) is 13.6 Å². The average Bonchev–Trinajstić information content (AvgIpc) is 3.13. The molecule has 0 saturated heterocycles. The molecule has 1 fully saturated rings. The number of carbonyl (C=O) groups excluding carboxylic acids is 1. The van der Waals surface area contributed by atoms with E-state index in [1.54, 1.807) is 13.8 Å². The summed E-state index contributed by atoms with van der Waals surface area (Å²) in [5.41, 5.74) is 1.20. The molecule has 1 amide bonds. The van der Waals surface area contributed by atoms with Crippen molar-refractivity contribution in [2.75, 3.05) is 6.61 Å². The smallest absolute Gasteiger partial charge is 0.258 e. The number of amides is 1. The van der Waals surface area contributed by atoms with E-state index in [9.17, 15) is 13.2 Å². The van der Waals surface area contributed by atoms with Crippen molar-refractivity contribution in [1.29, 1.82) is 0 Å². The lowest BCUT2D eigenvalue weighted by molar-refractivity contribution is -0.123. The van der Waals surface area contributed by atoms with Crippen LogP contribution in [0.4, 0.5) is 0 Å². The maximum Gasteiger partial charge on any atom is 0.258 e. The van der Waals surface area contributed by atoms with Crippen LogP contribution in [-0.2, 0) is 14.8 Å². The van der Waals surface area contributed by atoms with Crippen LogP contribution in [-0.4, -0.2) is 27.0 Å². The molecule has 110 valence electrons. The van der Waals surface area contributed by atoms with E-state index in [4.69, 9.17) is 9.88 Å². The van der Waals surface area contributed by atoms with Crippen LogP contribution >= 0.6 is 0 Å². The maximum absolute atomic E-state index is 11.5. The van der Waals surface area contributed by atoms with Crippen LogP contribution in [0.25, 0.3) is 0 Å². The Morgan fingerprint density at radius 1 is 1.35 bits per heavy atom. The van der Waals surface area contributed by atoms with E-state index in [0.29, 0.717) is 22.9 Å². The molecule has 6 nitrogen and oxygen atoms in total. The van der Waals surface area contributed by atoms with E-state index in [-0.39, 0.29) is 17.4 Å². The summed E-state index contributed by atoms with van der Waals surface area (Å²) in [7, 11) is -3.75. The number of primary sulfonamides is 1. The highest BCUT2D eigenvalue weighted by Crippen LogP contribution is 2.26.